The van der Waals surface area contributed by atoms with Gasteiger partial charge in [-0.3, -0.25) is 9.97 Å². The molecule has 2 aromatic heterocycles. The Labute approximate surface area is 122 Å². The number of fused-ring (bicyclic) bond motifs is 1. The second-order valence-electron chi connectivity index (χ2n) is 4.53. The van der Waals surface area contributed by atoms with E-state index in [1.54, 1.807) is 12.4 Å². The molecular weight excluding hydrogens is 270 g/mol. The molecule has 0 amide bonds. The molecule has 100 valence electrons. The topological polar surface area (TPSA) is 37.8 Å². The lowest BCUT2D eigenvalue weighted by atomic mass is 10.1. The fourth-order valence-electron chi connectivity index (χ4n) is 2.17. The van der Waals surface area contributed by atoms with Crippen molar-refractivity contribution in [1.82, 2.24) is 15.3 Å². The van der Waals surface area contributed by atoms with E-state index < -0.39 is 0 Å². The number of halogens is 1. The van der Waals surface area contributed by atoms with Crippen LogP contribution in [0, 0.1) is 0 Å². The minimum atomic E-state index is 0.734. The van der Waals surface area contributed by atoms with Crippen LogP contribution >= 0.6 is 11.6 Å². The van der Waals surface area contributed by atoms with Crippen LogP contribution < -0.4 is 5.32 Å². The summed E-state index contributed by atoms with van der Waals surface area (Å²) in [4.78, 5) is 8.71. The zero-order valence-corrected chi connectivity index (χ0v) is 11.6. The summed E-state index contributed by atoms with van der Waals surface area (Å²) in [5.74, 6) is 0. The molecule has 0 bridgehead atoms. The average Bonchev–Trinajstić information content (AvgIpc) is 2.51. The van der Waals surface area contributed by atoms with Crippen LogP contribution in [0.25, 0.3) is 10.9 Å². The van der Waals surface area contributed by atoms with Crippen LogP contribution in [0.3, 0.4) is 0 Å². The molecule has 1 N–H and O–H groups in total. The van der Waals surface area contributed by atoms with E-state index >= 15 is 0 Å². The lowest BCUT2D eigenvalue weighted by Gasteiger charge is -2.08. The quantitative estimate of drug-likeness (QED) is 0.795. The van der Waals surface area contributed by atoms with Crippen LogP contribution in [0.4, 0.5) is 0 Å². The van der Waals surface area contributed by atoms with E-state index in [9.17, 15) is 0 Å². The maximum atomic E-state index is 6.19. The number of hydrogen-bond acceptors (Lipinski definition) is 3. The van der Waals surface area contributed by atoms with Crippen molar-refractivity contribution < 1.29 is 0 Å². The minimum Gasteiger partial charge on any atom is -0.307 e. The second kappa shape index (κ2) is 5.99. The fraction of sp³-hybridized carbons (Fsp3) is 0.125. The molecule has 0 atom stereocenters. The van der Waals surface area contributed by atoms with Crippen LogP contribution in [-0.4, -0.2) is 9.97 Å². The molecule has 20 heavy (non-hydrogen) atoms. The van der Waals surface area contributed by atoms with Gasteiger partial charge in [0.1, 0.15) is 0 Å². The number of rotatable bonds is 4. The third kappa shape index (κ3) is 2.79. The molecule has 0 radical (unpaired) electrons. The smallest absolute Gasteiger partial charge is 0.0761 e. The number of nitrogens with one attached hydrogen (secondary N) is 1. The average molecular weight is 284 g/mol. The van der Waals surface area contributed by atoms with Crippen LogP contribution in [0.5, 0.6) is 0 Å². The van der Waals surface area contributed by atoms with Gasteiger partial charge >= 0.3 is 0 Å². The molecule has 0 fully saturated rings. The number of nitrogens with zero attached hydrogens (tertiary/aromatic N) is 2. The van der Waals surface area contributed by atoms with E-state index in [4.69, 9.17) is 11.6 Å². The van der Waals surface area contributed by atoms with Crippen molar-refractivity contribution in [3.8, 4) is 0 Å². The molecule has 3 aromatic rings. The molecular formula is C16H14ClN3. The molecule has 0 spiro atoms. The Morgan fingerprint density at radius 3 is 2.65 bits per heavy atom. The highest BCUT2D eigenvalue weighted by Crippen LogP contribution is 2.24. The van der Waals surface area contributed by atoms with Gasteiger partial charge in [-0.25, -0.2) is 0 Å². The Morgan fingerprint density at radius 1 is 0.900 bits per heavy atom. The highest BCUT2D eigenvalue weighted by atomic mass is 35.5. The van der Waals surface area contributed by atoms with E-state index in [1.807, 2.05) is 42.5 Å². The number of pyridine rings is 2. The van der Waals surface area contributed by atoms with Crippen LogP contribution in [0.2, 0.25) is 5.02 Å². The van der Waals surface area contributed by atoms with Gasteiger partial charge in [-0.05, 0) is 35.9 Å². The monoisotopic (exact) mass is 283 g/mol. The summed E-state index contributed by atoms with van der Waals surface area (Å²) in [7, 11) is 0. The Hall–Kier alpha value is -1.97. The lowest BCUT2D eigenvalue weighted by Crippen LogP contribution is -2.14. The van der Waals surface area contributed by atoms with Gasteiger partial charge in [0.25, 0.3) is 0 Å². The Bertz CT molecular complexity index is 713. The van der Waals surface area contributed by atoms with E-state index in [1.165, 1.54) is 0 Å². The summed E-state index contributed by atoms with van der Waals surface area (Å²) < 4.78 is 0. The van der Waals surface area contributed by atoms with Crippen molar-refractivity contribution in [3.05, 3.63) is 71.1 Å². The van der Waals surface area contributed by atoms with Crippen molar-refractivity contribution in [1.29, 1.82) is 0 Å². The van der Waals surface area contributed by atoms with Gasteiger partial charge in [0.15, 0.2) is 0 Å². The van der Waals surface area contributed by atoms with Crippen molar-refractivity contribution in [2.24, 2.45) is 0 Å². The SMILES string of the molecule is Clc1ccc(CNCc2ccccn2)c2ncccc12. The van der Waals surface area contributed by atoms with Crippen LogP contribution in [-0.2, 0) is 13.1 Å². The first-order valence-corrected chi connectivity index (χ1v) is 6.85. The van der Waals surface area contributed by atoms with E-state index in [0.717, 1.165) is 40.3 Å². The van der Waals surface area contributed by atoms with Gasteiger partial charge in [0, 0.05) is 35.9 Å². The standard InChI is InChI=1S/C16H14ClN3/c17-15-7-6-12(16-14(15)5-3-9-20-16)10-18-11-13-4-1-2-8-19-13/h1-9,18H,10-11H2. The molecule has 0 unspecified atom stereocenters. The zero-order chi connectivity index (χ0) is 13.8. The van der Waals surface area contributed by atoms with E-state index in [-0.39, 0.29) is 0 Å². The first-order chi connectivity index (χ1) is 9.84. The third-order valence-electron chi connectivity index (χ3n) is 3.15. The van der Waals surface area contributed by atoms with E-state index in [0.29, 0.717) is 0 Å². The maximum Gasteiger partial charge on any atom is 0.0761 e. The van der Waals surface area contributed by atoms with Gasteiger partial charge in [-0.15, -0.1) is 0 Å². The molecule has 0 saturated carbocycles. The summed E-state index contributed by atoms with van der Waals surface area (Å²) in [6.07, 6.45) is 3.59. The Morgan fingerprint density at radius 2 is 1.80 bits per heavy atom. The molecule has 2 heterocycles. The predicted molar refractivity (Wildman–Crippen MR) is 81.5 cm³/mol. The zero-order valence-electron chi connectivity index (χ0n) is 10.9. The highest BCUT2D eigenvalue weighted by molar-refractivity contribution is 6.35. The van der Waals surface area contributed by atoms with E-state index in [2.05, 4.69) is 15.3 Å². The van der Waals surface area contributed by atoms with Crippen molar-refractivity contribution in [2.45, 2.75) is 13.1 Å². The molecule has 0 aliphatic heterocycles. The molecule has 0 aliphatic rings. The van der Waals surface area contributed by atoms with Gasteiger partial charge in [-0.2, -0.15) is 0 Å². The highest BCUT2D eigenvalue weighted by Gasteiger charge is 2.05. The molecule has 3 nitrogen and oxygen atoms in total. The molecule has 0 aliphatic carbocycles. The number of hydrogen-bond donors (Lipinski definition) is 1. The fourth-order valence-corrected chi connectivity index (χ4v) is 2.38. The molecule has 0 saturated heterocycles. The van der Waals surface area contributed by atoms with Crippen LogP contribution in [0.1, 0.15) is 11.3 Å². The summed E-state index contributed by atoms with van der Waals surface area (Å²) in [5.41, 5.74) is 3.12. The first-order valence-electron chi connectivity index (χ1n) is 6.47. The summed E-state index contributed by atoms with van der Waals surface area (Å²) in [5, 5.41) is 5.11. The summed E-state index contributed by atoms with van der Waals surface area (Å²) >= 11 is 6.19. The molecule has 4 heteroatoms. The Balaban J connectivity index is 1.77. The van der Waals surface area contributed by atoms with Gasteiger partial charge in [-0.1, -0.05) is 23.7 Å². The summed E-state index contributed by atoms with van der Waals surface area (Å²) in [6.45, 7) is 1.47. The predicted octanol–water partition coefficient (Wildman–Crippen LogP) is 3.57. The maximum absolute atomic E-state index is 6.19. The largest absolute Gasteiger partial charge is 0.307 e. The van der Waals surface area contributed by atoms with Gasteiger partial charge in [0.2, 0.25) is 0 Å². The van der Waals surface area contributed by atoms with Gasteiger partial charge in [0.05, 0.1) is 11.2 Å². The number of benzene rings is 1. The molecule has 1 aromatic carbocycles. The lowest BCUT2D eigenvalue weighted by molar-refractivity contribution is 0.682. The first kappa shape index (κ1) is 13.0. The molecule has 3 rings (SSSR count). The summed E-state index contributed by atoms with van der Waals surface area (Å²) in [6, 6.07) is 13.7. The van der Waals surface area contributed by atoms with Crippen molar-refractivity contribution in [2.75, 3.05) is 0 Å². The minimum absolute atomic E-state index is 0.734. The van der Waals surface area contributed by atoms with Crippen LogP contribution in [0.15, 0.2) is 54.9 Å². The normalized spacial score (nSPS) is 10.8. The number of aromatic nitrogens is 2. The second-order valence-corrected chi connectivity index (χ2v) is 4.94. The van der Waals surface area contributed by atoms with Gasteiger partial charge < -0.3 is 5.32 Å². The third-order valence-corrected chi connectivity index (χ3v) is 3.48. The van der Waals surface area contributed by atoms with Crippen molar-refractivity contribution in [3.63, 3.8) is 0 Å². The van der Waals surface area contributed by atoms with Crippen molar-refractivity contribution >= 4 is 22.5 Å². The Kier molecular flexibility index (Phi) is 3.90.